The fourth-order valence-corrected chi connectivity index (χ4v) is 0.184. The Kier molecular flexibility index (Phi) is 7.77. The first-order valence-electron chi connectivity index (χ1n) is 2.02. The van der Waals surface area contributed by atoms with E-state index >= 15 is 0 Å². The van der Waals surface area contributed by atoms with Gasteiger partial charge in [0.25, 0.3) is 5.91 Å². The summed E-state index contributed by atoms with van der Waals surface area (Å²) in [6.45, 7) is 2.93. The Bertz CT molecular complexity index is 173. The minimum atomic E-state index is -1.38. The number of carbonyl (C=O) groups excluding carboxylic acids is 1. The molecule has 0 fully saturated rings. The Balaban J connectivity index is -0.000000320. The first kappa shape index (κ1) is 12.9. The molecule has 0 aliphatic carbocycles. The molecule has 0 aliphatic rings. The SMILES string of the molecule is C=C(C(=O)O)C(=O)NN.[H-].[K+]. The van der Waals surface area contributed by atoms with E-state index in [1.165, 1.54) is 0 Å². The van der Waals surface area contributed by atoms with Crippen molar-refractivity contribution in [3.8, 4) is 0 Å². The molecule has 0 saturated heterocycles. The van der Waals surface area contributed by atoms with Gasteiger partial charge in [0.1, 0.15) is 5.57 Å². The molecule has 0 heterocycles. The van der Waals surface area contributed by atoms with Crippen molar-refractivity contribution in [2.24, 2.45) is 5.84 Å². The summed E-state index contributed by atoms with van der Waals surface area (Å²) in [5, 5.41) is 8.07. The van der Waals surface area contributed by atoms with Crippen molar-refractivity contribution in [3.63, 3.8) is 0 Å². The normalized spacial score (nSPS) is 7.30. The van der Waals surface area contributed by atoms with Crippen LogP contribution in [-0.2, 0) is 9.59 Å². The third kappa shape index (κ3) is 4.15. The van der Waals surface area contributed by atoms with Gasteiger partial charge in [-0.2, -0.15) is 0 Å². The van der Waals surface area contributed by atoms with E-state index in [1.807, 2.05) is 0 Å². The van der Waals surface area contributed by atoms with E-state index in [1.54, 1.807) is 5.43 Å². The van der Waals surface area contributed by atoms with E-state index in [2.05, 4.69) is 12.4 Å². The molecule has 0 aromatic heterocycles. The van der Waals surface area contributed by atoms with E-state index in [9.17, 15) is 9.59 Å². The van der Waals surface area contributed by atoms with Crippen molar-refractivity contribution in [1.82, 2.24) is 5.43 Å². The van der Waals surface area contributed by atoms with Gasteiger partial charge in [-0.1, -0.05) is 6.58 Å². The van der Waals surface area contributed by atoms with E-state index in [4.69, 9.17) is 5.11 Å². The van der Waals surface area contributed by atoms with Crippen molar-refractivity contribution in [1.29, 1.82) is 0 Å². The molecular weight excluding hydrogens is 163 g/mol. The van der Waals surface area contributed by atoms with Crippen LogP contribution < -0.4 is 62.7 Å². The molecular formula is C4H7KN2O3. The molecule has 4 N–H and O–H groups in total. The van der Waals surface area contributed by atoms with Crippen molar-refractivity contribution in [2.75, 3.05) is 0 Å². The monoisotopic (exact) mass is 170 g/mol. The summed E-state index contributed by atoms with van der Waals surface area (Å²) in [7, 11) is 0. The van der Waals surface area contributed by atoms with Gasteiger partial charge in [-0.3, -0.25) is 10.2 Å². The van der Waals surface area contributed by atoms with Gasteiger partial charge >= 0.3 is 57.4 Å². The molecule has 0 aromatic carbocycles. The van der Waals surface area contributed by atoms with Crippen LogP contribution in [0.2, 0.25) is 0 Å². The van der Waals surface area contributed by atoms with Crippen LogP contribution in [0.1, 0.15) is 1.43 Å². The Morgan fingerprint density at radius 2 is 2.00 bits per heavy atom. The van der Waals surface area contributed by atoms with E-state index in [0.29, 0.717) is 0 Å². The van der Waals surface area contributed by atoms with Crippen molar-refractivity contribution >= 4 is 11.9 Å². The molecule has 10 heavy (non-hydrogen) atoms. The number of nitrogens with two attached hydrogens (primary N) is 1. The summed E-state index contributed by atoms with van der Waals surface area (Å²) in [5.74, 6) is 2.32. The van der Waals surface area contributed by atoms with Gasteiger partial charge in [-0.15, -0.1) is 0 Å². The van der Waals surface area contributed by atoms with Gasteiger partial charge in [-0.25, -0.2) is 10.6 Å². The Morgan fingerprint density at radius 1 is 1.60 bits per heavy atom. The largest absolute Gasteiger partial charge is 1.00 e. The molecule has 1 amide bonds. The number of amides is 1. The molecule has 0 saturated carbocycles. The molecule has 0 unspecified atom stereocenters. The number of carbonyl (C=O) groups is 2. The number of carboxylic acids is 1. The zero-order valence-electron chi connectivity index (χ0n) is 6.55. The second-order valence-corrected chi connectivity index (χ2v) is 1.26. The first-order valence-corrected chi connectivity index (χ1v) is 2.02. The molecule has 0 aromatic rings. The maximum Gasteiger partial charge on any atom is 1.00 e. The standard InChI is InChI=1S/C4H6N2O3.K.H/c1-2(4(8)9)3(7)6-5;;/h1,5H2,(H,6,7)(H,8,9);;/q;+1;-1. The van der Waals surface area contributed by atoms with Crippen LogP contribution in [0.4, 0.5) is 0 Å². The fraction of sp³-hybridized carbons (Fsp3) is 0. The van der Waals surface area contributed by atoms with Crippen LogP contribution in [0.5, 0.6) is 0 Å². The summed E-state index contributed by atoms with van der Waals surface area (Å²) in [4.78, 5) is 20.1. The van der Waals surface area contributed by atoms with Gasteiger partial charge in [0.05, 0.1) is 0 Å². The van der Waals surface area contributed by atoms with Gasteiger partial charge in [0, 0.05) is 0 Å². The first-order chi connectivity index (χ1) is 4.09. The molecule has 0 atom stereocenters. The van der Waals surface area contributed by atoms with Crippen LogP contribution in [0.15, 0.2) is 12.2 Å². The quantitative estimate of drug-likeness (QED) is 0.0744. The summed E-state index contributed by atoms with van der Waals surface area (Å²) >= 11 is 0. The predicted octanol–water partition coefficient (Wildman–Crippen LogP) is -4.27. The number of hydrogen-bond donors (Lipinski definition) is 3. The van der Waals surface area contributed by atoms with Crippen molar-refractivity contribution in [2.45, 2.75) is 0 Å². The van der Waals surface area contributed by atoms with Crippen molar-refractivity contribution in [3.05, 3.63) is 12.2 Å². The molecule has 6 heteroatoms. The third-order valence-corrected chi connectivity index (χ3v) is 0.663. The second kappa shape index (κ2) is 6.02. The van der Waals surface area contributed by atoms with Gasteiger partial charge < -0.3 is 6.53 Å². The zero-order valence-corrected chi connectivity index (χ0v) is 8.67. The molecule has 5 nitrogen and oxygen atoms in total. The van der Waals surface area contributed by atoms with E-state index in [0.717, 1.165) is 0 Å². The number of aliphatic carboxylic acids is 1. The van der Waals surface area contributed by atoms with Crippen LogP contribution >= 0.6 is 0 Å². The number of nitrogens with one attached hydrogen (secondary N) is 1. The van der Waals surface area contributed by atoms with Crippen LogP contribution in [0.3, 0.4) is 0 Å². The molecule has 0 bridgehead atoms. The molecule has 0 rings (SSSR count). The van der Waals surface area contributed by atoms with Crippen molar-refractivity contribution < 1.29 is 67.5 Å². The molecule has 52 valence electrons. The number of carboxylic acid groups (broad SMARTS) is 1. The Labute approximate surface area is 102 Å². The average Bonchev–Trinajstić information content (AvgIpc) is 1.84. The van der Waals surface area contributed by atoms with Crippen LogP contribution in [-0.4, -0.2) is 17.0 Å². The molecule has 0 spiro atoms. The smallest absolute Gasteiger partial charge is 1.00 e. The Morgan fingerprint density at radius 3 is 2.10 bits per heavy atom. The number of hydrogen-bond acceptors (Lipinski definition) is 3. The van der Waals surface area contributed by atoms with Crippen LogP contribution in [0, 0.1) is 0 Å². The summed E-state index contributed by atoms with van der Waals surface area (Å²) < 4.78 is 0. The Hall–Kier alpha value is 0.276. The maximum absolute atomic E-state index is 10.2. The second-order valence-electron chi connectivity index (χ2n) is 1.26. The van der Waals surface area contributed by atoms with E-state index in [-0.39, 0.29) is 52.8 Å². The molecule has 0 aliphatic heterocycles. The minimum Gasteiger partial charge on any atom is -1.00 e. The zero-order chi connectivity index (χ0) is 7.44. The summed E-state index contributed by atoms with van der Waals surface area (Å²) in [6, 6.07) is 0. The minimum absolute atomic E-state index is 0. The predicted molar refractivity (Wildman–Crippen MR) is 30.2 cm³/mol. The fourth-order valence-electron chi connectivity index (χ4n) is 0.184. The summed E-state index contributed by atoms with van der Waals surface area (Å²) in [5.41, 5.74) is 1.06. The third-order valence-electron chi connectivity index (χ3n) is 0.663. The number of rotatable bonds is 2. The maximum atomic E-state index is 10.2. The van der Waals surface area contributed by atoms with E-state index < -0.39 is 17.4 Å². The number of hydrazine groups is 1. The van der Waals surface area contributed by atoms with Crippen LogP contribution in [0.25, 0.3) is 0 Å². The molecule has 0 radical (unpaired) electrons. The topological polar surface area (TPSA) is 92.4 Å². The van der Waals surface area contributed by atoms with Gasteiger partial charge in [-0.05, 0) is 0 Å². The van der Waals surface area contributed by atoms with Gasteiger partial charge in [0.15, 0.2) is 0 Å². The average molecular weight is 170 g/mol. The summed E-state index contributed by atoms with van der Waals surface area (Å²) in [6.07, 6.45) is 0. The van der Waals surface area contributed by atoms with Gasteiger partial charge in [0.2, 0.25) is 0 Å².